The first kappa shape index (κ1) is 25.4. The minimum atomic E-state index is -0.902. The van der Waals surface area contributed by atoms with Crippen molar-refractivity contribution < 1.29 is 19.7 Å². The smallest absolute Gasteiger partial charge is 0.121 e. The lowest BCUT2D eigenvalue weighted by molar-refractivity contribution is -0.0283. The number of hydrogen-bond donors (Lipinski definition) is 2. The Morgan fingerprint density at radius 2 is 1.50 bits per heavy atom. The topological polar surface area (TPSA) is 65.4 Å². The Bertz CT molecular complexity index is 950. The zero-order valence-corrected chi connectivity index (χ0v) is 21.2. The molecule has 0 radical (unpaired) electrons. The monoisotopic (exact) mass is 508 g/mol. The molecule has 186 valence electrons. The van der Waals surface area contributed by atoms with Crippen molar-refractivity contribution in [1.82, 2.24) is 4.90 Å². The third-order valence-corrected chi connectivity index (χ3v) is 7.80. The van der Waals surface area contributed by atoms with E-state index in [4.69, 9.17) is 32.7 Å². The number of halogens is 2. The number of rotatable bonds is 7. The highest BCUT2D eigenvalue weighted by atomic mass is 35.5. The molecule has 2 saturated heterocycles. The van der Waals surface area contributed by atoms with Crippen molar-refractivity contribution in [2.75, 3.05) is 51.3 Å². The maximum absolute atomic E-state index is 11.3. The molecule has 34 heavy (non-hydrogen) atoms. The van der Waals surface area contributed by atoms with Crippen molar-refractivity contribution >= 4 is 28.9 Å². The van der Waals surface area contributed by atoms with Crippen LogP contribution in [0.1, 0.15) is 32.1 Å². The molecule has 2 aromatic rings. The van der Waals surface area contributed by atoms with Crippen molar-refractivity contribution in [3.05, 3.63) is 52.5 Å². The van der Waals surface area contributed by atoms with Gasteiger partial charge in [-0.15, -0.1) is 0 Å². The van der Waals surface area contributed by atoms with Crippen molar-refractivity contribution in [2.45, 2.75) is 43.3 Å². The third-order valence-electron chi connectivity index (χ3n) is 7.06. The Hall–Kier alpha value is -1.70. The molecule has 0 amide bonds. The Balaban J connectivity index is 1.26. The van der Waals surface area contributed by atoms with E-state index < -0.39 is 11.2 Å². The van der Waals surface area contributed by atoms with E-state index in [1.807, 2.05) is 12.1 Å². The Labute approximate surface area is 212 Å². The molecular weight excluding hydrogens is 475 g/mol. The fourth-order valence-corrected chi connectivity index (χ4v) is 5.16. The lowest BCUT2D eigenvalue weighted by Crippen LogP contribution is -2.51. The number of methoxy groups -OCH3 is 1. The molecular formula is C26H34Cl2N2O4. The summed E-state index contributed by atoms with van der Waals surface area (Å²) >= 11 is 12.0. The summed E-state index contributed by atoms with van der Waals surface area (Å²) in [5.41, 5.74) is -0.451. The van der Waals surface area contributed by atoms with Crippen LogP contribution >= 0.6 is 23.2 Å². The van der Waals surface area contributed by atoms with Crippen molar-refractivity contribution in [2.24, 2.45) is 0 Å². The molecule has 2 aliphatic heterocycles. The van der Waals surface area contributed by atoms with Crippen LogP contribution in [0.2, 0.25) is 10.0 Å². The molecule has 2 N–H and O–H groups in total. The molecule has 6 nitrogen and oxygen atoms in total. The molecule has 0 spiro atoms. The average Bonchev–Trinajstić information content (AvgIpc) is 3.02. The molecule has 2 fully saturated rings. The summed E-state index contributed by atoms with van der Waals surface area (Å²) in [5, 5.41) is 23.3. The molecule has 1 atom stereocenters. The second-order valence-electron chi connectivity index (χ2n) is 9.63. The first-order valence-electron chi connectivity index (χ1n) is 11.9. The number of benzene rings is 2. The summed E-state index contributed by atoms with van der Waals surface area (Å²) in [7, 11) is 1.67. The molecule has 2 aromatic carbocycles. The first-order chi connectivity index (χ1) is 16.3. The summed E-state index contributed by atoms with van der Waals surface area (Å²) in [4.78, 5) is 4.61. The molecule has 0 unspecified atom stereocenters. The van der Waals surface area contributed by atoms with Gasteiger partial charge in [0.05, 0.1) is 28.4 Å². The van der Waals surface area contributed by atoms with E-state index in [9.17, 15) is 10.2 Å². The highest BCUT2D eigenvalue weighted by Gasteiger charge is 2.37. The fraction of sp³-hybridized carbons (Fsp3) is 0.538. The lowest BCUT2D eigenvalue weighted by Gasteiger charge is -2.41. The molecule has 0 saturated carbocycles. The molecule has 2 aliphatic rings. The number of aliphatic hydroxyl groups is 2. The second-order valence-corrected chi connectivity index (χ2v) is 10.4. The van der Waals surface area contributed by atoms with Crippen LogP contribution in [0.15, 0.2) is 42.5 Å². The maximum Gasteiger partial charge on any atom is 0.121 e. The van der Waals surface area contributed by atoms with Gasteiger partial charge in [-0.2, -0.15) is 0 Å². The highest BCUT2D eigenvalue weighted by molar-refractivity contribution is 6.42. The maximum atomic E-state index is 11.3. The standard InChI is InChI=1S/C26H34Cl2N2O4/c1-33-21-5-3-20(4-6-21)30-15-11-25(31,12-16-30)18-29-13-2-9-26(32,10-14-29)19-34-22-7-8-23(27)24(28)17-22/h3-8,17,31-32H,2,9-16,18-19H2,1H3/t26-/m1/s1. The van der Waals surface area contributed by atoms with E-state index in [-0.39, 0.29) is 6.61 Å². The van der Waals surface area contributed by atoms with Crippen molar-refractivity contribution in [1.29, 1.82) is 0 Å². The van der Waals surface area contributed by atoms with Crippen molar-refractivity contribution in [3.8, 4) is 11.5 Å². The van der Waals surface area contributed by atoms with Gasteiger partial charge in [0, 0.05) is 37.9 Å². The Morgan fingerprint density at radius 3 is 2.18 bits per heavy atom. The molecule has 8 heteroatoms. The fourth-order valence-electron chi connectivity index (χ4n) is 4.87. The van der Waals surface area contributed by atoms with E-state index in [0.717, 1.165) is 56.9 Å². The van der Waals surface area contributed by atoms with E-state index in [2.05, 4.69) is 21.9 Å². The average molecular weight is 509 g/mol. The van der Waals surface area contributed by atoms with Crippen LogP contribution in [-0.4, -0.2) is 72.8 Å². The van der Waals surface area contributed by atoms with Gasteiger partial charge in [0.2, 0.25) is 0 Å². The third kappa shape index (κ3) is 6.49. The normalized spacial score (nSPS) is 23.4. The zero-order valence-electron chi connectivity index (χ0n) is 19.7. The van der Waals surface area contributed by atoms with E-state index in [0.29, 0.717) is 35.2 Å². The summed E-state index contributed by atoms with van der Waals surface area (Å²) in [6, 6.07) is 13.2. The van der Waals surface area contributed by atoms with Gasteiger partial charge in [0.15, 0.2) is 0 Å². The SMILES string of the molecule is COc1ccc(N2CCC(O)(CN3CCC[C@](O)(COc4ccc(Cl)c(Cl)c4)CC3)CC2)cc1. The lowest BCUT2D eigenvalue weighted by atomic mass is 9.90. The number of nitrogens with zero attached hydrogens (tertiary/aromatic N) is 2. The predicted molar refractivity (Wildman–Crippen MR) is 137 cm³/mol. The zero-order chi connectivity index (χ0) is 24.2. The largest absolute Gasteiger partial charge is 0.497 e. The minimum Gasteiger partial charge on any atom is -0.497 e. The van der Waals surface area contributed by atoms with Gasteiger partial charge in [-0.3, -0.25) is 0 Å². The summed E-state index contributed by atoms with van der Waals surface area (Å²) in [6.45, 7) is 4.06. The molecule has 0 aromatic heterocycles. The van der Waals surface area contributed by atoms with Gasteiger partial charge in [0.1, 0.15) is 18.1 Å². The number of β-amino-alcohol motifs (C(OH)–C–C–N with tert-alkyl or cyclic N) is 1. The molecule has 2 heterocycles. The van der Waals surface area contributed by atoms with Gasteiger partial charge >= 0.3 is 0 Å². The van der Waals surface area contributed by atoms with Crippen LogP contribution in [0.5, 0.6) is 11.5 Å². The molecule has 0 aliphatic carbocycles. The highest BCUT2D eigenvalue weighted by Crippen LogP contribution is 2.31. The van der Waals surface area contributed by atoms with E-state index >= 15 is 0 Å². The Morgan fingerprint density at radius 1 is 0.824 bits per heavy atom. The van der Waals surface area contributed by atoms with Gasteiger partial charge in [-0.1, -0.05) is 23.2 Å². The van der Waals surface area contributed by atoms with Gasteiger partial charge in [0.25, 0.3) is 0 Å². The first-order valence-corrected chi connectivity index (χ1v) is 12.7. The van der Waals surface area contributed by atoms with Gasteiger partial charge in [-0.05, 0) is 75.0 Å². The van der Waals surface area contributed by atoms with E-state index in [1.165, 1.54) is 0 Å². The molecule has 4 rings (SSSR count). The van der Waals surface area contributed by atoms with Gasteiger partial charge in [-0.25, -0.2) is 0 Å². The second kappa shape index (κ2) is 10.9. The number of likely N-dealkylation sites (tertiary alicyclic amines) is 1. The van der Waals surface area contributed by atoms with Crippen LogP contribution in [0.4, 0.5) is 5.69 Å². The van der Waals surface area contributed by atoms with Crippen molar-refractivity contribution in [3.63, 3.8) is 0 Å². The number of piperidine rings is 1. The van der Waals surface area contributed by atoms with Crippen LogP contribution in [0.3, 0.4) is 0 Å². The van der Waals surface area contributed by atoms with Crippen LogP contribution in [0, 0.1) is 0 Å². The Kier molecular flexibility index (Phi) is 8.16. The van der Waals surface area contributed by atoms with Crippen LogP contribution in [0.25, 0.3) is 0 Å². The minimum absolute atomic E-state index is 0.208. The summed E-state index contributed by atoms with van der Waals surface area (Å²) in [6.07, 6.45) is 3.56. The summed E-state index contributed by atoms with van der Waals surface area (Å²) in [5.74, 6) is 1.45. The number of anilines is 1. The molecule has 0 bridgehead atoms. The van der Waals surface area contributed by atoms with Crippen LogP contribution < -0.4 is 14.4 Å². The van der Waals surface area contributed by atoms with Gasteiger partial charge < -0.3 is 29.5 Å². The predicted octanol–water partition coefficient (Wildman–Crippen LogP) is 4.63. The van der Waals surface area contributed by atoms with E-state index in [1.54, 1.807) is 25.3 Å². The summed E-state index contributed by atoms with van der Waals surface area (Å²) < 4.78 is 11.1. The van der Waals surface area contributed by atoms with Crippen LogP contribution in [-0.2, 0) is 0 Å². The number of hydrogen-bond acceptors (Lipinski definition) is 6. The quantitative estimate of drug-likeness (QED) is 0.568. The number of ether oxygens (including phenoxy) is 2.